The van der Waals surface area contributed by atoms with E-state index in [1.807, 2.05) is 30.3 Å². The Morgan fingerprint density at radius 2 is 1.43 bits per heavy atom. The van der Waals surface area contributed by atoms with Crippen molar-refractivity contribution in [2.24, 2.45) is 0 Å². The van der Waals surface area contributed by atoms with E-state index in [-0.39, 0.29) is 11.5 Å². The minimum absolute atomic E-state index is 0.231. The van der Waals surface area contributed by atoms with Gasteiger partial charge in [-0.05, 0) is 76.6 Å². The summed E-state index contributed by atoms with van der Waals surface area (Å²) in [6, 6.07) is 21.7. The van der Waals surface area contributed by atoms with Gasteiger partial charge in [0.15, 0.2) is 11.4 Å². The Hall–Kier alpha value is -3.80. The summed E-state index contributed by atoms with van der Waals surface area (Å²) in [5.74, 6) is 0.599. The Morgan fingerprint density at radius 3 is 2.03 bits per heavy atom. The third-order valence-electron chi connectivity index (χ3n) is 5.05. The van der Waals surface area contributed by atoms with Gasteiger partial charge in [-0.2, -0.15) is 0 Å². The molecule has 0 aliphatic carbocycles. The van der Waals surface area contributed by atoms with Crippen molar-refractivity contribution in [1.29, 1.82) is 0 Å². The van der Waals surface area contributed by atoms with Crippen molar-refractivity contribution in [1.82, 2.24) is 0 Å². The number of methoxy groups -OCH3 is 1. The molecule has 0 aliphatic heterocycles. The summed E-state index contributed by atoms with van der Waals surface area (Å²) < 4.78 is 22.6. The van der Waals surface area contributed by atoms with Crippen molar-refractivity contribution in [3.05, 3.63) is 89.5 Å². The van der Waals surface area contributed by atoms with Crippen LogP contribution in [0.5, 0.6) is 17.2 Å². The monoisotopic (exact) mass is 476 g/mol. The second-order valence-electron chi connectivity index (χ2n) is 9.60. The minimum Gasteiger partial charge on any atom is -0.497 e. The zero-order valence-electron chi connectivity index (χ0n) is 21.1. The van der Waals surface area contributed by atoms with Gasteiger partial charge in [0.2, 0.25) is 0 Å². The van der Waals surface area contributed by atoms with Crippen LogP contribution in [-0.4, -0.2) is 30.1 Å². The van der Waals surface area contributed by atoms with Crippen LogP contribution in [0.2, 0.25) is 0 Å². The number of rotatable bonds is 9. The summed E-state index contributed by atoms with van der Waals surface area (Å²) in [6.45, 7) is 9.00. The molecule has 0 bridgehead atoms. The third kappa shape index (κ3) is 7.09. The molecular formula is C29H32O6. The quantitative estimate of drug-likeness (QED) is 0.278. The molecule has 0 spiro atoms. The fraction of sp³-hybridized carbons (Fsp3) is 0.310. The van der Waals surface area contributed by atoms with E-state index in [4.69, 9.17) is 18.9 Å². The first-order valence-electron chi connectivity index (χ1n) is 11.4. The van der Waals surface area contributed by atoms with E-state index in [0.717, 1.165) is 5.56 Å². The van der Waals surface area contributed by atoms with Crippen LogP contribution in [0.25, 0.3) is 0 Å². The van der Waals surface area contributed by atoms with E-state index in [2.05, 4.69) is 0 Å². The molecule has 0 aliphatic rings. The standard InChI is InChI=1S/C29H32O6/c1-28(2,3)35-27(31)29(4,5)34-25-18-23(32-6)16-17-24(25)26(30)21-12-14-22(15-13-21)33-19-20-10-8-7-9-11-20/h7-18H,19H2,1-6H3. The number of benzene rings is 3. The molecule has 0 saturated heterocycles. The molecule has 0 amide bonds. The molecule has 0 unspecified atom stereocenters. The fourth-order valence-electron chi connectivity index (χ4n) is 3.22. The highest BCUT2D eigenvalue weighted by molar-refractivity contribution is 6.11. The fourth-order valence-corrected chi connectivity index (χ4v) is 3.22. The van der Waals surface area contributed by atoms with Gasteiger partial charge in [0.05, 0.1) is 12.7 Å². The van der Waals surface area contributed by atoms with E-state index in [1.54, 1.807) is 77.1 Å². The normalized spacial score (nSPS) is 11.5. The van der Waals surface area contributed by atoms with Crippen molar-refractivity contribution in [3.63, 3.8) is 0 Å². The first-order chi connectivity index (χ1) is 16.5. The topological polar surface area (TPSA) is 71.1 Å². The Labute approximate surface area is 206 Å². The molecule has 0 aromatic heterocycles. The van der Waals surface area contributed by atoms with Crippen LogP contribution in [-0.2, 0) is 16.1 Å². The zero-order chi connectivity index (χ0) is 25.6. The highest BCUT2D eigenvalue weighted by Crippen LogP contribution is 2.31. The smallest absolute Gasteiger partial charge is 0.350 e. The summed E-state index contributed by atoms with van der Waals surface area (Å²) >= 11 is 0. The number of carbonyl (C=O) groups excluding carboxylic acids is 2. The first kappa shape index (κ1) is 25.8. The number of ketones is 1. The molecule has 3 rings (SSSR count). The van der Waals surface area contributed by atoms with Gasteiger partial charge in [0.1, 0.15) is 29.5 Å². The van der Waals surface area contributed by atoms with E-state index in [1.165, 1.54) is 7.11 Å². The summed E-state index contributed by atoms with van der Waals surface area (Å²) in [6.07, 6.45) is 0. The molecule has 0 atom stereocenters. The van der Waals surface area contributed by atoms with Crippen molar-refractivity contribution < 1.29 is 28.5 Å². The number of carbonyl (C=O) groups is 2. The van der Waals surface area contributed by atoms with E-state index in [0.29, 0.717) is 29.2 Å². The molecule has 0 heterocycles. The van der Waals surface area contributed by atoms with E-state index in [9.17, 15) is 9.59 Å². The van der Waals surface area contributed by atoms with Crippen molar-refractivity contribution in [2.45, 2.75) is 52.4 Å². The highest BCUT2D eigenvalue weighted by Gasteiger charge is 2.36. The molecule has 0 fully saturated rings. The van der Waals surface area contributed by atoms with Crippen LogP contribution >= 0.6 is 0 Å². The summed E-state index contributed by atoms with van der Waals surface area (Å²) in [7, 11) is 1.52. The average Bonchev–Trinajstić information content (AvgIpc) is 2.82. The maximum Gasteiger partial charge on any atom is 0.350 e. The second-order valence-corrected chi connectivity index (χ2v) is 9.60. The molecule has 35 heavy (non-hydrogen) atoms. The third-order valence-corrected chi connectivity index (χ3v) is 5.05. The lowest BCUT2D eigenvalue weighted by molar-refractivity contribution is -0.170. The molecule has 0 radical (unpaired) electrons. The Kier molecular flexibility index (Phi) is 7.85. The number of hydrogen-bond donors (Lipinski definition) is 0. The van der Waals surface area contributed by atoms with E-state index >= 15 is 0 Å². The van der Waals surface area contributed by atoms with Crippen molar-refractivity contribution in [2.75, 3.05) is 7.11 Å². The van der Waals surface area contributed by atoms with Gasteiger partial charge < -0.3 is 18.9 Å². The van der Waals surface area contributed by atoms with Crippen LogP contribution < -0.4 is 14.2 Å². The maximum absolute atomic E-state index is 13.4. The number of hydrogen-bond acceptors (Lipinski definition) is 6. The highest BCUT2D eigenvalue weighted by atomic mass is 16.6. The van der Waals surface area contributed by atoms with Crippen LogP contribution in [0.15, 0.2) is 72.8 Å². The van der Waals surface area contributed by atoms with Crippen LogP contribution in [0.3, 0.4) is 0 Å². The summed E-state index contributed by atoms with van der Waals surface area (Å²) in [5.41, 5.74) is -0.179. The van der Waals surface area contributed by atoms with Crippen molar-refractivity contribution in [3.8, 4) is 17.2 Å². The van der Waals surface area contributed by atoms with Gasteiger partial charge in [-0.15, -0.1) is 0 Å². The Bertz CT molecular complexity index is 1160. The van der Waals surface area contributed by atoms with Crippen LogP contribution in [0, 0.1) is 0 Å². The number of ether oxygens (including phenoxy) is 4. The number of esters is 1. The first-order valence-corrected chi connectivity index (χ1v) is 11.4. The van der Waals surface area contributed by atoms with Gasteiger partial charge in [-0.25, -0.2) is 4.79 Å². The lowest BCUT2D eigenvalue weighted by Gasteiger charge is -2.29. The van der Waals surface area contributed by atoms with Gasteiger partial charge in [0, 0.05) is 11.6 Å². The summed E-state index contributed by atoms with van der Waals surface area (Å²) in [5, 5.41) is 0. The molecular weight excluding hydrogens is 444 g/mol. The van der Waals surface area contributed by atoms with Crippen LogP contribution in [0.4, 0.5) is 0 Å². The predicted octanol–water partition coefficient (Wildman–Crippen LogP) is 6.00. The minimum atomic E-state index is -1.33. The molecule has 0 saturated carbocycles. The Morgan fingerprint density at radius 1 is 0.800 bits per heavy atom. The summed E-state index contributed by atoms with van der Waals surface area (Å²) in [4.78, 5) is 26.1. The zero-order valence-corrected chi connectivity index (χ0v) is 21.1. The molecule has 184 valence electrons. The van der Waals surface area contributed by atoms with E-state index < -0.39 is 17.2 Å². The molecule has 6 heteroatoms. The Balaban J connectivity index is 1.81. The van der Waals surface area contributed by atoms with Crippen LogP contribution in [0.1, 0.15) is 56.1 Å². The average molecular weight is 477 g/mol. The molecule has 3 aromatic carbocycles. The van der Waals surface area contributed by atoms with Gasteiger partial charge >= 0.3 is 5.97 Å². The molecule has 3 aromatic rings. The van der Waals surface area contributed by atoms with Crippen molar-refractivity contribution >= 4 is 11.8 Å². The predicted molar refractivity (Wildman–Crippen MR) is 134 cm³/mol. The molecule has 0 N–H and O–H groups in total. The lowest BCUT2D eigenvalue weighted by atomic mass is 10.0. The maximum atomic E-state index is 13.4. The van der Waals surface area contributed by atoms with Gasteiger partial charge in [-0.1, -0.05) is 30.3 Å². The van der Waals surface area contributed by atoms with Gasteiger partial charge in [0.25, 0.3) is 0 Å². The second kappa shape index (κ2) is 10.6. The van der Waals surface area contributed by atoms with Gasteiger partial charge in [-0.3, -0.25) is 4.79 Å². The largest absolute Gasteiger partial charge is 0.497 e. The molecule has 6 nitrogen and oxygen atoms in total. The lowest BCUT2D eigenvalue weighted by Crippen LogP contribution is -2.43. The SMILES string of the molecule is COc1ccc(C(=O)c2ccc(OCc3ccccc3)cc2)c(OC(C)(C)C(=O)OC(C)(C)C)c1.